The van der Waals surface area contributed by atoms with E-state index in [1.54, 1.807) is 0 Å². The van der Waals surface area contributed by atoms with Gasteiger partial charge in [0.15, 0.2) is 0 Å². The fraction of sp³-hybridized carbons (Fsp3) is 0.143. The van der Waals surface area contributed by atoms with Gasteiger partial charge in [-0.1, -0.05) is 80.6 Å². The third-order valence-corrected chi connectivity index (χ3v) is 8.16. The van der Waals surface area contributed by atoms with E-state index in [1.807, 2.05) is 0 Å². The number of fused-ring (bicyclic) bond motifs is 6. The van der Waals surface area contributed by atoms with Crippen molar-refractivity contribution >= 4 is 43.6 Å². The Balaban J connectivity index is 1.67. The zero-order valence-electron chi connectivity index (χ0n) is 21.5. The Morgan fingerprint density at radius 3 is 2.27 bits per heavy atom. The Morgan fingerprint density at radius 2 is 1.46 bits per heavy atom. The first-order valence-corrected chi connectivity index (χ1v) is 13.3. The van der Waals surface area contributed by atoms with Crippen molar-refractivity contribution in [3.8, 4) is 16.8 Å². The molecule has 0 radical (unpaired) electrons. The molecule has 0 aliphatic rings. The topological polar surface area (TPSA) is 20.7 Å². The maximum atomic E-state index is 3.79. The molecule has 37 heavy (non-hydrogen) atoms. The van der Waals surface area contributed by atoms with Gasteiger partial charge in [0.05, 0.1) is 11.0 Å². The predicted octanol–water partition coefficient (Wildman–Crippen LogP) is 9.91. The van der Waals surface area contributed by atoms with E-state index in [-0.39, 0.29) is 0 Å². The summed E-state index contributed by atoms with van der Waals surface area (Å²) in [7, 11) is 0. The third-order valence-electron chi connectivity index (χ3n) is 8.16. The molecule has 0 amide bonds. The van der Waals surface area contributed by atoms with Crippen LogP contribution < -0.4 is 0 Å². The average molecular weight is 479 g/mol. The van der Waals surface area contributed by atoms with Gasteiger partial charge in [0.25, 0.3) is 0 Å². The molecule has 7 rings (SSSR count). The summed E-state index contributed by atoms with van der Waals surface area (Å²) in [4.78, 5) is 3.79. The third kappa shape index (κ3) is 3.25. The second-order valence-electron chi connectivity index (χ2n) is 10.3. The van der Waals surface area contributed by atoms with Crippen LogP contribution in [0, 0.1) is 6.92 Å². The van der Waals surface area contributed by atoms with Crippen molar-refractivity contribution in [1.82, 2.24) is 9.55 Å². The van der Waals surface area contributed by atoms with Gasteiger partial charge in [0, 0.05) is 38.3 Å². The fourth-order valence-corrected chi connectivity index (χ4v) is 6.10. The largest absolute Gasteiger partial charge is 0.354 e. The van der Waals surface area contributed by atoms with Crippen LogP contribution in [0.15, 0.2) is 103 Å². The number of rotatable bonds is 4. The summed E-state index contributed by atoms with van der Waals surface area (Å²) < 4.78 is 2.41. The molecule has 2 heterocycles. The van der Waals surface area contributed by atoms with Crippen LogP contribution in [0.5, 0.6) is 0 Å². The lowest BCUT2D eigenvalue weighted by molar-refractivity contribution is 0.736. The standard InChI is InChI=1S/C35H30N2/c1-4-22(2)26-18-19-30-35(34(26)25-15-9-8-12-23(25)3)29-21-33-28(20-31(29)36-30)27-16-10-11-17-32(27)37(33)24-13-6-5-7-14-24/h5-22,36H,4H2,1-3H3. The lowest BCUT2D eigenvalue weighted by Gasteiger charge is -2.18. The Hall–Kier alpha value is -4.30. The van der Waals surface area contributed by atoms with Crippen molar-refractivity contribution in [3.05, 3.63) is 114 Å². The molecule has 2 heteroatoms. The summed E-state index contributed by atoms with van der Waals surface area (Å²) in [5, 5.41) is 5.17. The van der Waals surface area contributed by atoms with Gasteiger partial charge >= 0.3 is 0 Å². The van der Waals surface area contributed by atoms with Crippen LogP contribution in [0.1, 0.15) is 37.3 Å². The highest BCUT2D eigenvalue weighted by Crippen LogP contribution is 2.43. The number of nitrogens with zero attached hydrogens (tertiary/aromatic N) is 1. The first kappa shape index (κ1) is 21.9. The molecule has 2 nitrogen and oxygen atoms in total. The van der Waals surface area contributed by atoms with Gasteiger partial charge in [-0.05, 0) is 77.9 Å². The molecule has 1 unspecified atom stereocenters. The number of H-pyrrole nitrogens is 1. The first-order chi connectivity index (χ1) is 18.2. The van der Waals surface area contributed by atoms with Gasteiger partial charge in [0.2, 0.25) is 0 Å². The van der Waals surface area contributed by atoms with Crippen molar-refractivity contribution in [2.75, 3.05) is 0 Å². The lowest BCUT2D eigenvalue weighted by Crippen LogP contribution is -1.97. The Labute approximate surface area is 217 Å². The molecule has 1 atom stereocenters. The van der Waals surface area contributed by atoms with E-state index < -0.39 is 0 Å². The number of aryl methyl sites for hydroxylation is 1. The van der Waals surface area contributed by atoms with Crippen molar-refractivity contribution in [3.63, 3.8) is 0 Å². The van der Waals surface area contributed by atoms with E-state index in [2.05, 4.69) is 133 Å². The van der Waals surface area contributed by atoms with Gasteiger partial charge in [-0.2, -0.15) is 0 Å². The van der Waals surface area contributed by atoms with E-state index in [9.17, 15) is 0 Å². The van der Waals surface area contributed by atoms with Gasteiger partial charge in [-0.3, -0.25) is 0 Å². The SMILES string of the molecule is CCC(C)c1ccc2[nH]c3cc4c5ccccc5n(-c5ccccc5)c4cc3c2c1-c1ccccc1C. The number of hydrogen-bond donors (Lipinski definition) is 1. The Bertz CT molecular complexity index is 1940. The van der Waals surface area contributed by atoms with E-state index in [1.165, 1.54) is 71.6 Å². The summed E-state index contributed by atoms with van der Waals surface area (Å²) in [5.74, 6) is 0.475. The number of para-hydroxylation sites is 2. The zero-order chi connectivity index (χ0) is 25.1. The monoisotopic (exact) mass is 478 g/mol. The molecular formula is C35H30N2. The molecule has 0 fully saturated rings. The van der Waals surface area contributed by atoms with Crippen molar-refractivity contribution in [1.29, 1.82) is 0 Å². The van der Waals surface area contributed by atoms with Gasteiger partial charge in [-0.15, -0.1) is 0 Å². The number of benzene rings is 5. The molecule has 0 saturated carbocycles. The smallest absolute Gasteiger partial charge is 0.0548 e. The summed E-state index contributed by atoms with van der Waals surface area (Å²) in [5.41, 5.74) is 11.5. The number of aromatic nitrogens is 2. The minimum Gasteiger partial charge on any atom is -0.354 e. The van der Waals surface area contributed by atoms with Crippen LogP contribution in [0.25, 0.3) is 60.4 Å². The molecular weight excluding hydrogens is 448 g/mol. The van der Waals surface area contributed by atoms with Crippen LogP contribution in [-0.2, 0) is 0 Å². The second kappa shape index (κ2) is 8.38. The van der Waals surface area contributed by atoms with E-state index in [0.29, 0.717) is 5.92 Å². The summed E-state index contributed by atoms with van der Waals surface area (Å²) in [6.45, 7) is 6.87. The quantitative estimate of drug-likeness (QED) is 0.260. The maximum Gasteiger partial charge on any atom is 0.0548 e. The molecule has 0 aliphatic heterocycles. The normalized spacial score (nSPS) is 12.7. The highest BCUT2D eigenvalue weighted by molar-refractivity contribution is 6.21. The van der Waals surface area contributed by atoms with Crippen molar-refractivity contribution < 1.29 is 0 Å². The van der Waals surface area contributed by atoms with Gasteiger partial charge in [-0.25, -0.2) is 0 Å². The van der Waals surface area contributed by atoms with Gasteiger partial charge in [0.1, 0.15) is 0 Å². The fourth-order valence-electron chi connectivity index (χ4n) is 6.10. The summed E-state index contributed by atoms with van der Waals surface area (Å²) in [6.07, 6.45) is 1.11. The molecule has 0 spiro atoms. The molecule has 0 aliphatic carbocycles. The minimum atomic E-state index is 0.475. The second-order valence-corrected chi connectivity index (χ2v) is 10.3. The van der Waals surface area contributed by atoms with Crippen LogP contribution in [0.3, 0.4) is 0 Å². The van der Waals surface area contributed by atoms with Crippen molar-refractivity contribution in [2.45, 2.75) is 33.1 Å². The van der Waals surface area contributed by atoms with Crippen molar-refractivity contribution in [2.24, 2.45) is 0 Å². The predicted molar refractivity (Wildman–Crippen MR) is 159 cm³/mol. The number of aromatic amines is 1. The van der Waals surface area contributed by atoms with E-state index >= 15 is 0 Å². The molecule has 0 bridgehead atoms. The lowest BCUT2D eigenvalue weighted by atomic mass is 9.85. The number of hydrogen-bond acceptors (Lipinski definition) is 0. The van der Waals surface area contributed by atoms with Crippen LogP contribution in [-0.4, -0.2) is 9.55 Å². The van der Waals surface area contributed by atoms with Crippen LogP contribution >= 0.6 is 0 Å². The van der Waals surface area contributed by atoms with Crippen LogP contribution in [0.2, 0.25) is 0 Å². The zero-order valence-corrected chi connectivity index (χ0v) is 21.5. The summed E-state index contributed by atoms with van der Waals surface area (Å²) in [6, 6.07) is 37.7. The molecule has 7 aromatic rings. The molecule has 0 saturated heterocycles. The average Bonchev–Trinajstić information content (AvgIpc) is 3.46. The molecule has 180 valence electrons. The maximum absolute atomic E-state index is 3.79. The first-order valence-electron chi connectivity index (χ1n) is 13.3. The van der Waals surface area contributed by atoms with Gasteiger partial charge < -0.3 is 9.55 Å². The Kier molecular flexibility index (Phi) is 4.97. The molecule has 2 aromatic heterocycles. The Morgan fingerprint density at radius 1 is 0.703 bits per heavy atom. The van der Waals surface area contributed by atoms with E-state index in [4.69, 9.17) is 0 Å². The van der Waals surface area contributed by atoms with Crippen LogP contribution in [0.4, 0.5) is 0 Å². The summed E-state index contributed by atoms with van der Waals surface area (Å²) >= 11 is 0. The van der Waals surface area contributed by atoms with E-state index in [0.717, 1.165) is 6.42 Å². The minimum absolute atomic E-state index is 0.475. The number of nitrogens with one attached hydrogen (secondary N) is 1. The highest BCUT2D eigenvalue weighted by Gasteiger charge is 2.21. The molecule has 1 N–H and O–H groups in total. The highest BCUT2D eigenvalue weighted by atomic mass is 15.0. The molecule has 5 aromatic carbocycles.